The number of hydrogen-bond donors (Lipinski definition) is 0. The van der Waals surface area contributed by atoms with Crippen LogP contribution in [0.15, 0.2) is 59.5 Å². The Bertz CT molecular complexity index is 880. The predicted octanol–water partition coefficient (Wildman–Crippen LogP) is 3.41. The van der Waals surface area contributed by atoms with E-state index in [-0.39, 0.29) is 4.90 Å². The van der Waals surface area contributed by atoms with Gasteiger partial charge in [0.05, 0.1) is 13.0 Å². The Kier molecular flexibility index (Phi) is 4.46. The van der Waals surface area contributed by atoms with Gasteiger partial charge in [-0.25, -0.2) is 17.5 Å². The van der Waals surface area contributed by atoms with Crippen molar-refractivity contribution in [2.45, 2.75) is 24.9 Å². The molecule has 0 atom stereocenters. The van der Waals surface area contributed by atoms with Gasteiger partial charge in [-0.15, -0.1) is 0 Å². The molecular formula is C18H22N2O3SSi. The van der Waals surface area contributed by atoms with Gasteiger partial charge < -0.3 is 0 Å². The number of anilines is 1. The van der Waals surface area contributed by atoms with Crippen molar-refractivity contribution in [2.24, 2.45) is 0 Å². The molecule has 1 aliphatic heterocycles. The second kappa shape index (κ2) is 6.31. The number of aryl methyl sites for hydroxylation is 1. The molecule has 1 saturated heterocycles. The molecule has 0 N–H and O–H groups in total. The van der Waals surface area contributed by atoms with Gasteiger partial charge in [0.15, 0.2) is 0 Å². The molecule has 0 aliphatic carbocycles. The van der Waals surface area contributed by atoms with E-state index in [1.165, 1.54) is 0 Å². The molecule has 2 aromatic carbocycles. The zero-order valence-corrected chi connectivity index (χ0v) is 16.5. The molecule has 3 rings (SSSR count). The fourth-order valence-corrected chi connectivity index (χ4v) is 7.93. The summed E-state index contributed by atoms with van der Waals surface area (Å²) in [6, 6.07) is 15.4. The molecule has 1 aliphatic rings. The normalized spacial score (nSPS) is 17.6. The van der Waals surface area contributed by atoms with E-state index in [0.717, 1.165) is 15.6 Å². The minimum absolute atomic E-state index is 0.158. The van der Waals surface area contributed by atoms with Crippen molar-refractivity contribution in [1.29, 1.82) is 0 Å². The van der Waals surface area contributed by atoms with Crippen LogP contribution in [-0.4, -0.2) is 39.2 Å². The highest BCUT2D eigenvalue weighted by Gasteiger charge is 2.44. The molecule has 7 heteroatoms. The van der Waals surface area contributed by atoms with Gasteiger partial charge in [-0.3, -0.25) is 4.90 Å². The number of urea groups is 1. The first-order valence-corrected chi connectivity index (χ1v) is 13.0. The molecule has 0 spiro atoms. The van der Waals surface area contributed by atoms with Gasteiger partial charge in [-0.05, 0) is 31.2 Å². The molecule has 0 radical (unpaired) electrons. The molecule has 25 heavy (non-hydrogen) atoms. The van der Waals surface area contributed by atoms with E-state index in [1.54, 1.807) is 29.2 Å². The van der Waals surface area contributed by atoms with E-state index in [9.17, 15) is 13.2 Å². The molecule has 0 unspecified atom stereocenters. The smallest absolute Gasteiger partial charge is 0.296 e. The van der Waals surface area contributed by atoms with Crippen LogP contribution < -0.4 is 4.90 Å². The van der Waals surface area contributed by atoms with Crippen molar-refractivity contribution in [2.75, 3.05) is 17.2 Å². The molecule has 0 saturated carbocycles. The number of hydrogen-bond acceptors (Lipinski definition) is 3. The number of sulfonamides is 1. The van der Waals surface area contributed by atoms with Crippen LogP contribution in [0.1, 0.15) is 5.56 Å². The van der Waals surface area contributed by atoms with Gasteiger partial charge in [0.2, 0.25) is 0 Å². The first kappa shape index (κ1) is 17.7. The average molecular weight is 375 g/mol. The number of carbonyl (C=O) groups is 1. The summed E-state index contributed by atoms with van der Waals surface area (Å²) in [4.78, 5) is 14.8. The van der Waals surface area contributed by atoms with Crippen LogP contribution in [0.2, 0.25) is 13.1 Å². The third-order valence-electron chi connectivity index (χ3n) is 4.28. The van der Waals surface area contributed by atoms with Crippen molar-refractivity contribution in [3.05, 3.63) is 60.2 Å². The van der Waals surface area contributed by atoms with Crippen LogP contribution in [0.3, 0.4) is 0 Å². The number of para-hydroxylation sites is 1. The van der Waals surface area contributed by atoms with Gasteiger partial charge in [0.25, 0.3) is 10.0 Å². The summed E-state index contributed by atoms with van der Waals surface area (Å²) in [6.45, 7) is 6.11. The molecule has 5 nitrogen and oxygen atoms in total. The Morgan fingerprint density at radius 2 is 1.52 bits per heavy atom. The summed E-state index contributed by atoms with van der Waals surface area (Å²) in [6.07, 6.45) is 0.904. The Balaban J connectivity index is 2.02. The number of carbonyl (C=O) groups excluding carboxylic acids is 1. The van der Waals surface area contributed by atoms with E-state index in [1.807, 2.05) is 37.3 Å². The van der Waals surface area contributed by atoms with E-state index < -0.39 is 24.1 Å². The van der Waals surface area contributed by atoms with E-state index in [0.29, 0.717) is 12.3 Å². The Labute approximate surface area is 149 Å². The largest absolute Gasteiger partial charge is 0.337 e. The lowest BCUT2D eigenvalue weighted by Crippen LogP contribution is -2.64. The van der Waals surface area contributed by atoms with Crippen LogP contribution in [0, 0.1) is 6.92 Å². The number of amides is 2. The maximum Gasteiger partial charge on any atom is 0.337 e. The maximum absolute atomic E-state index is 13.1. The highest BCUT2D eigenvalue weighted by Crippen LogP contribution is 2.28. The molecule has 0 bridgehead atoms. The monoisotopic (exact) mass is 374 g/mol. The van der Waals surface area contributed by atoms with Crippen molar-refractivity contribution in [3.8, 4) is 0 Å². The van der Waals surface area contributed by atoms with Crippen molar-refractivity contribution in [3.63, 3.8) is 0 Å². The van der Waals surface area contributed by atoms with Crippen molar-refractivity contribution < 1.29 is 13.2 Å². The molecule has 0 aromatic heterocycles. The SMILES string of the molecule is Cc1ccc(S(=O)(=O)N2C[Si](C)(C)CN(c3ccccc3)C2=O)cc1. The zero-order valence-electron chi connectivity index (χ0n) is 14.6. The molecule has 2 aromatic rings. The number of nitrogens with zero attached hydrogens (tertiary/aromatic N) is 2. The minimum atomic E-state index is -3.86. The zero-order chi connectivity index (χ0) is 18.2. The van der Waals surface area contributed by atoms with Gasteiger partial charge in [-0.2, -0.15) is 0 Å². The highest BCUT2D eigenvalue weighted by molar-refractivity contribution is 7.89. The lowest BCUT2D eigenvalue weighted by Gasteiger charge is -2.42. The molecule has 2 amide bonds. The summed E-state index contributed by atoms with van der Waals surface area (Å²) in [5.74, 6) is 0. The topological polar surface area (TPSA) is 57.7 Å². The van der Waals surface area contributed by atoms with Crippen LogP contribution in [0.5, 0.6) is 0 Å². The summed E-state index contributed by atoms with van der Waals surface area (Å²) in [7, 11) is -5.81. The third-order valence-corrected chi connectivity index (χ3v) is 8.59. The van der Waals surface area contributed by atoms with Gasteiger partial charge in [0.1, 0.15) is 0 Å². The highest BCUT2D eigenvalue weighted by atomic mass is 32.2. The van der Waals surface area contributed by atoms with Gasteiger partial charge >= 0.3 is 6.03 Å². The van der Waals surface area contributed by atoms with Crippen LogP contribution >= 0.6 is 0 Å². The Hall–Kier alpha value is -2.12. The first-order valence-electron chi connectivity index (χ1n) is 8.17. The average Bonchev–Trinajstić information content (AvgIpc) is 2.57. The lowest BCUT2D eigenvalue weighted by molar-refractivity contribution is 0.231. The second-order valence-electron chi connectivity index (χ2n) is 7.19. The fraction of sp³-hybridized carbons (Fsp3) is 0.278. The van der Waals surface area contributed by atoms with Gasteiger partial charge in [0, 0.05) is 18.0 Å². The van der Waals surface area contributed by atoms with E-state index in [2.05, 4.69) is 13.1 Å². The summed E-state index contributed by atoms with van der Waals surface area (Å²) < 4.78 is 27.2. The second-order valence-corrected chi connectivity index (χ2v) is 14.0. The molecular weight excluding hydrogens is 352 g/mol. The van der Waals surface area contributed by atoms with Gasteiger partial charge in [-0.1, -0.05) is 49.0 Å². The van der Waals surface area contributed by atoms with Crippen LogP contribution in [0.4, 0.5) is 10.5 Å². The Morgan fingerprint density at radius 3 is 2.12 bits per heavy atom. The van der Waals surface area contributed by atoms with Crippen LogP contribution in [0.25, 0.3) is 0 Å². The maximum atomic E-state index is 13.1. The third kappa shape index (κ3) is 3.47. The standard InChI is InChI=1S/C18H22N2O3SSi/c1-15-9-11-17(12-10-15)24(22,23)20-14-25(2,3)13-19(18(20)21)16-7-5-4-6-8-16/h4-12H,13-14H2,1-3H3. The van der Waals surface area contributed by atoms with E-state index in [4.69, 9.17) is 0 Å². The first-order chi connectivity index (χ1) is 11.7. The minimum Gasteiger partial charge on any atom is -0.296 e. The summed E-state index contributed by atoms with van der Waals surface area (Å²) in [5, 5.41) is 0. The molecule has 1 heterocycles. The Morgan fingerprint density at radius 1 is 0.920 bits per heavy atom. The van der Waals surface area contributed by atoms with E-state index >= 15 is 0 Å². The lowest BCUT2D eigenvalue weighted by atomic mass is 10.2. The predicted molar refractivity (Wildman–Crippen MR) is 102 cm³/mol. The number of rotatable bonds is 3. The van der Waals surface area contributed by atoms with Crippen molar-refractivity contribution in [1.82, 2.24) is 4.31 Å². The van der Waals surface area contributed by atoms with Crippen LogP contribution in [-0.2, 0) is 10.0 Å². The summed E-state index contributed by atoms with van der Waals surface area (Å²) >= 11 is 0. The quantitative estimate of drug-likeness (QED) is 0.774. The number of benzene rings is 2. The molecule has 132 valence electrons. The van der Waals surface area contributed by atoms with Crippen molar-refractivity contribution >= 4 is 29.8 Å². The summed E-state index contributed by atoms with van der Waals surface area (Å²) in [5.41, 5.74) is 1.71. The molecule has 1 fully saturated rings. The fourth-order valence-electron chi connectivity index (χ4n) is 2.97.